The van der Waals surface area contributed by atoms with Crippen molar-refractivity contribution in [3.8, 4) is 11.5 Å². The monoisotopic (exact) mass is 382 g/mol. The van der Waals surface area contributed by atoms with Crippen molar-refractivity contribution in [2.45, 2.75) is 0 Å². The fourth-order valence-electron chi connectivity index (χ4n) is 1.01. The van der Waals surface area contributed by atoms with Gasteiger partial charge in [0.2, 0.25) is 5.89 Å². The minimum absolute atomic E-state index is 0.283. The summed E-state index contributed by atoms with van der Waals surface area (Å²) in [6.45, 7) is 0. The molecule has 0 atom stereocenters. The second-order valence-electron chi connectivity index (χ2n) is 2.54. The van der Waals surface area contributed by atoms with E-state index < -0.39 is 0 Å². The molecule has 1 heterocycles. The molecule has 0 amide bonds. The smallest absolute Gasteiger partial charge is 0.284 e. The zero-order chi connectivity index (χ0) is 10.1. The van der Waals surface area contributed by atoms with E-state index in [-0.39, 0.29) is 4.84 Å². The van der Waals surface area contributed by atoms with Gasteiger partial charge in [0.1, 0.15) is 0 Å². The molecule has 1 N–H and O–H groups in total. The number of nitrogens with zero attached hydrogens (tertiary/aromatic N) is 1. The molecule has 0 aliphatic heterocycles. The van der Waals surface area contributed by atoms with E-state index in [1.54, 1.807) is 0 Å². The Labute approximate surface area is 107 Å². The first-order chi connectivity index (χ1) is 6.66. The van der Waals surface area contributed by atoms with Gasteiger partial charge in [-0.15, -0.1) is 5.10 Å². The molecule has 0 spiro atoms. The summed E-state index contributed by atoms with van der Waals surface area (Å²) in [6, 6.07) is 5.92. The number of aromatic nitrogens is 2. The minimum Gasteiger partial charge on any atom is -0.409 e. The average Bonchev–Trinajstić information content (AvgIpc) is 2.56. The molecule has 2 rings (SSSR count). The SMILES string of the molecule is S=c1[nH]nc(-c2cc(I)ccc2Br)o1. The van der Waals surface area contributed by atoms with Crippen LogP contribution in [0.3, 0.4) is 0 Å². The van der Waals surface area contributed by atoms with E-state index in [1.807, 2.05) is 18.2 Å². The molecule has 0 aliphatic carbocycles. The van der Waals surface area contributed by atoms with E-state index in [0.29, 0.717) is 5.89 Å². The van der Waals surface area contributed by atoms with Crippen molar-refractivity contribution >= 4 is 50.7 Å². The largest absolute Gasteiger partial charge is 0.409 e. The van der Waals surface area contributed by atoms with Crippen LogP contribution < -0.4 is 0 Å². The Bertz CT molecular complexity index is 522. The minimum atomic E-state index is 0.283. The molecule has 0 saturated carbocycles. The molecule has 0 aliphatic rings. The van der Waals surface area contributed by atoms with Crippen LogP contribution in [0.5, 0.6) is 0 Å². The van der Waals surface area contributed by atoms with E-state index >= 15 is 0 Å². The van der Waals surface area contributed by atoms with Crippen LogP contribution in [0, 0.1) is 8.41 Å². The molecular formula is C8H4BrIN2OS. The first-order valence-corrected chi connectivity index (χ1v) is 5.96. The number of hydrogen-bond donors (Lipinski definition) is 1. The predicted molar refractivity (Wildman–Crippen MR) is 67.5 cm³/mol. The summed E-state index contributed by atoms with van der Waals surface area (Å²) < 4.78 is 7.27. The lowest BCUT2D eigenvalue weighted by molar-refractivity contribution is 0.551. The van der Waals surface area contributed by atoms with Crippen LogP contribution in [-0.2, 0) is 0 Å². The van der Waals surface area contributed by atoms with Crippen molar-refractivity contribution in [1.29, 1.82) is 0 Å². The summed E-state index contributed by atoms with van der Waals surface area (Å²) in [5.41, 5.74) is 0.893. The Morgan fingerprint density at radius 2 is 2.29 bits per heavy atom. The Balaban J connectivity index is 2.61. The molecule has 1 aromatic carbocycles. The van der Waals surface area contributed by atoms with Gasteiger partial charge in [-0.25, -0.2) is 5.10 Å². The lowest BCUT2D eigenvalue weighted by atomic mass is 10.2. The zero-order valence-corrected chi connectivity index (χ0v) is 11.3. The highest BCUT2D eigenvalue weighted by Gasteiger charge is 2.08. The van der Waals surface area contributed by atoms with Crippen molar-refractivity contribution in [1.82, 2.24) is 10.2 Å². The van der Waals surface area contributed by atoms with Crippen LogP contribution >= 0.6 is 50.7 Å². The van der Waals surface area contributed by atoms with E-state index in [1.165, 1.54) is 0 Å². The number of nitrogens with one attached hydrogen (secondary N) is 1. The number of halogens is 2. The van der Waals surface area contributed by atoms with Crippen LogP contribution in [0.2, 0.25) is 0 Å². The van der Waals surface area contributed by atoms with Crippen molar-refractivity contribution in [3.63, 3.8) is 0 Å². The van der Waals surface area contributed by atoms with Gasteiger partial charge in [0.15, 0.2) is 0 Å². The number of benzene rings is 1. The van der Waals surface area contributed by atoms with Crippen LogP contribution in [0.4, 0.5) is 0 Å². The number of hydrogen-bond acceptors (Lipinski definition) is 3. The normalized spacial score (nSPS) is 10.4. The highest BCUT2D eigenvalue weighted by molar-refractivity contribution is 14.1. The van der Waals surface area contributed by atoms with E-state index in [4.69, 9.17) is 16.6 Å². The van der Waals surface area contributed by atoms with Gasteiger partial charge in [-0.05, 0) is 68.9 Å². The molecular weight excluding hydrogens is 379 g/mol. The molecule has 72 valence electrons. The Kier molecular flexibility index (Phi) is 3.03. The summed E-state index contributed by atoms with van der Waals surface area (Å²) in [5.74, 6) is 0.500. The van der Waals surface area contributed by atoms with Crippen molar-refractivity contribution < 1.29 is 4.42 Å². The maximum atomic E-state index is 5.22. The lowest BCUT2D eigenvalue weighted by Gasteiger charge is -1.98. The van der Waals surface area contributed by atoms with Gasteiger partial charge in [-0.3, -0.25) is 0 Å². The van der Waals surface area contributed by atoms with Gasteiger partial charge in [0.25, 0.3) is 4.84 Å². The van der Waals surface area contributed by atoms with E-state index in [0.717, 1.165) is 13.6 Å². The zero-order valence-electron chi connectivity index (χ0n) is 6.75. The Hall–Kier alpha value is -0.210. The summed E-state index contributed by atoms with van der Waals surface area (Å²) >= 11 is 10.5. The Morgan fingerprint density at radius 1 is 1.50 bits per heavy atom. The van der Waals surface area contributed by atoms with Gasteiger partial charge in [0, 0.05) is 8.04 Å². The van der Waals surface area contributed by atoms with Gasteiger partial charge in [0.05, 0.1) is 5.56 Å². The third kappa shape index (κ3) is 2.06. The molecule has 0 bridgehead atoms. The van der Waals surface area contributed by atoms with Crippen molar-refractivity contribution in [2.75, 3.05) is 0 Å². The van der Waals surface area contributed by atoms with Gasteiger partial charge >= 0.3 is 0 Å². The molecule has 2 aromatic rings. The third-order valence-electron chi connectivity index (χ3n) is 1.60. The van der Waals surface area contributed by atoms with Gasteiger partial charge in [-0.1, -0.05) is 0 Å². The molecule has 0 fully saturated rings. The first-order valence-electron chi connectivity index (χ1n) is 3.68. The fourth-order valence-corrected chi connectivity index (χ4v) is 2.04. The summed E-state index contributed by atoms with van der Waals surface area (Å²) in [7, 11) is 0. The van der Waals surface area contributed by atoms with Crippen molar-refractivity contribution in [2.24, 2.45) is 0 Å². The second kappa shape index (κ2) is 4.11. The average molecular weight is 383 g/mol. The number of H-pyrrole nitrogens is 1. The van der Waals surface area contributed by atoms with Crippen LogP contribution in [0.25, 0.3) is 11.5 Å². The van der Waals surface area contributed by atoms with E-state index in [9.17, 15) is 0 Å². The van der Waals surface area contributed by atoms with Crippen LogP contribution in [0.15, 0.2) is 27.1 Å². The fraction of sp³-hybridized carbons (Fsp3) is 0. The molecule has 0 radical (unpaired) electrons. The maximum Gasteiger partial charge on any atom is 0.284 e. The number of rotatable bonds is 1. The molecule has 0 saturated heterocycles. The first kappa shape index (κ1) is 10.3. The quantitative estimate of drug-likeness (QED) is 0.603. The molecule has 14 heavy (non-hydrogen) atoms. The summed E-state index contributed by atoms with van der Waals surface area (Å²) in [4.78, 5) is 0.283. The highest BCUT2D eigenvalue weighted by atomic mass is 127. The number of aromatic amines is 1. The van der Waals surface area contributed by atoms with Crippen molar-refractivity contribution in [3.05, 3.63) is 31.1 Å². The van der Waals surface area contributed by atoms with Gasteiger partial charge in [-0.2, -0.15) is 0 Å². The lowest BCUT2D eigenvalue weighted by Crippen LogP contribution is -1.81. The molecule has 3 nitrogen and oxygen atoms in total. The van der Waals surface area contributed by atoms with E-state index in [2.05, 4.69) is 48.7 Å². The standard InChI is InChI=1S/C8H4BrIN2OS/c9-6-2-1-4(10)3-5(6)7-11-12-8(14)13-7/h1-3H,(H,12,14). The maximum absolute atomic E-state index is 5.22. The molecule has 0 unspecified atom stereocenters. The van der Waals surface area contributed by atoms with Crippen LogP contribution in [0.1, 0.15) is 0 Å². The highest BCUT2D eigenvalue weighted by Crippen LogP contribution is 2.28. The van der Waals surface area contributed by atoms with Gasteiger partial charge < -0.3 is 4.42 Å². The second-order valence-corrected chi connectivity index (χ2v) is 5.01. The summed E-state index contributed by atoms with van der Waals surface area (Å²) in [5, 5.41) is 6.55. The Morgan fingerprint density at radius 3 is 2.93 bits per heavy atom. The molecule has 1 aromatic heterocycles. The predicted octanol–water partition coefficient (Wildman–Crippen LogP) is 3.77. The van der Waals surface area contributed by atoms with Crippen LogP contribution in [-0.4, -0.2) is 10.2 Å². The third-order valence-corrected chi connectivity index (χ3v) is 3.13. The topological polar surface area (TPSA) is 41.8 Å². The summed E-state index contributed by atoms with van der Waals surface area (Å²) in [6.07, 6.45) is 0. The molecule has 6 heteroatoms.